The molecule has 0 atom stereocenters. The molecule has 0 amide bonds. The van der Waals surface area contributed by atoms with E-state index in [9.17, 15) is 8.42 Å². The maximum absolute atomic E-state index is 12.1. The molecule has 4 nitrogen and oxygen atoms in total. The van der Waals surface area contributed by atoms with E-state index in [0.29, 0.717) is 19.5 Å². The SMILES string of the molecule is CCCCS(=O)(=O)N1CCc2c(N)cccc2C1. The number of nitrogens with zero attached hydrogens (tertiary/aromatic N) is 1. The molecule has 0 saturated carbocycles. The Hall–Kier alpha value is -1.07. The van der Waals surface area contributed by atoms with Crippen LogP contribution in [-0.4, -0.2) is 25.0 Å². The van der Waals surface area contributed by atoms with Crippen LogP contribution in [-0.2, 0) is 23.0 Å². The van der Waals surface area contributed by atoms with E-state index in [-0.39, 0.29) is 5.75 Å². The molecule has 5 heteroatoms. The second-order valence-electron chi connectivity index (χ2n) is 4.74. The molecule has 0 fully saturated rings. The summed E-state index contributed by atoms with van der Waals surface area (Å²) in [5.41, 5.74) is 8.84. The lowest BCUT2D eigenvalue weighted by Gasteiger charge is -2.28. The quantitative estimate of drug-likeness (QED) is 0.846. The standard InChI is InChI=1S/C13H20N2O2S/c1-2-3-9-18(16,17)15-8-7-12-11(10-15)5-4-6-13(12)14/h4-6H,2-3,7-10,14H2,1H3. The number of benzene rings is 1. The van der Waals surface area contributed by atoms with E-state index in [2.05, 4.69) is 0 Å². The summed E-state index contributed by atoms with van der Waals surface area (Å²) < 4.78 is 25.9. The van der Waals surface area contributed by atoms with Crippen LogP contribution in [0.25, 0.3) is 0 Å². The van der Waals surface area contributed by atoms with Crippen molar-refractivity contribution in [3.63, 3.8) is 0 Å². The molecule has 0 unspecified atom stereocenters. The summed E-state index contributed by atoms with van der Waals surface area (Å²) in [6.07, 6.45) is 2.34. The third-order valence-electron chi connectivity index (χ3n) is 3.42. The molecule has 18 heavy (non-hydrogen) atoms. The molecule has 1 aliphatic rings. The number of hydrogen-bond donors (Lipinski definition) is 1. The van der Waals surface area contributed by atoms with E-state index >= 15 is 0 Å². The highest BCUT2D eigenvalue weighted by molar-refractivity contribution is 7.89. The fraction of sp³-hybridized carbons (Fsp3) is 0.538. The number of nitrogen functional groups attached to an aromatic ring is 1. The van der Waals surface area contributed by atoms with Crippen molar-refractivity contribution in [1.29, 1.82) is 0 Å². The Morgan fingerprint density at radius 2 is 2.17 bits per heavy atom. The Morgan fingerprint density at radius 1 is 1.39 bits per heavy atom. The summed E-state index contributed by atoms with van der Waals surface area (Å²) in [5, 5.41) is 0. The number of anilines is 1. The zero-order chi connectivity index (χ0) is 13.2. The van der Waals surface area contributed by atoms with Gasteiger partial charge in [0.2, 0.25) is 10.0 Å². The first-order chi connectivity index (χ1) is 8.54. The van der Waals surface area contributed by atoms with Crippen LogP contribution in [0.1, 0.15) is 30.9 Å². The minimum Gasteiger partial charge on any atom is -0.398 e. The van der Waals surface area contributed by atoms with Crippen molar-refractivity contribution in [1.82, 2.24) is 4.31 Å². The van der Waals surface area contributed by atoms with Crippen molar-refractivity contribution in [3.8, 4) is 0 Å². The van der Waals surface area contributed by atoms with Crippen molar-refractivity contribution >= 4 is 15.7 Å². The van der Waals surface area contributed by atoms with Crippen LogP contribution in [0.2, 0.25) is 0 Å². The maximum Gasteiger partial charge on any atom is 0.214 e. The van der Waals surface area contributed by atoms with Gasteiger partial charge in [-0.2, -0.15) is 4.31 Å². The third-order valence-corrected chi connectivity index (χ3v) is 5.32. The van der Waals surface area contributed by atoms with Gasteiger partial charge >= 0.3 is 0 Å². The van der Waals surface area contributed by atoms with E-state index in [1.165, 1.54) is 0 Å². The van der Waals surface area contributed by atoms with Crippen molar-refractivity contribution < 1.29 is 8.42 Å². The monoisotopic (exact) mass is 268 g/mol. The van der Waals surface area contributed by atoms with Gasteiger partial charge in [-0.3, -0.25) is 0 Å². The first-order valence-electron chi connectivity index (χ1n) is 6.38. The molecule has 0 aliphatic carbocycles. The Labute approximate surface area is 109 Å². The fourth-order valence-electron chi connectivity index (χ4n) is 2.31. The highest BCUT2D eigenvalue weighted by Gasteiger charge is 2.26. The molecule has 1 aliphatic heterocycles. The Kier molecular flexibility index (Phi) is 3.92. The van der Waals surface area contributed by atoms with Crippen LogP contribution in [0, 0.1) is 0 Å². The van der Waals surface area contributed by atoms with E-state index in [0.717, 1.165) is 29.7 Å². The second-order valence-corrected chi connectivity index (χ2v) is 6.83. The van der Waals surface area contributed by atoms with Crippen LogP contribution < -0.4 is 5.73 Å². The smallest absolute Gasteiger partial charge is 0.214 e. The van der Waals surface area contributed by atoms with Gasteiger partial charge in [0.15, 0.2) is 0 Å². The highest BCUT2D eigenvalue weighted by Crippen LogP contribution is 2.25. The number of hydrogen-bond acceptors (Lipinski definition) is 3. The Balaban J connectivity index is 2.17. The summed E-state index contributed by atoms with van der Waals surface area (Å²) in [6.45, 7) is 3.02. The van der Waals surface area contributed by atoms with Crippen LogP contribution in [0.15, 0.2) is 18.2 Å². The van der Waals surface area contributed by atoms with Crippen molar-refractivity contribution in [2.75, 3.05) is 18.0 Å². The molecule has 0 spiro atoms. The molecule has 100 valence electrons. The molecule has 0 radical (unpaired) electrons. The number of rotatable bonds is 4. The number of fused-ring (bicyclic) bond motifs is 1. The molecule has 0 aromatic heterocycles. The van der Waals surface area contributed by atoms with Crippen molar-refractivity contribution in [2.45, 2.75) is 32.7 Å². The topological polar surface area (TPSA) is 63.4 Å². The molecule has 0 bridgehead atoms. The minimum atomic E-state index is -3.11. The van der Waals surface area contributed by atoms with Crippen molar-refractivity contribution in [2.24, 2.45) is 0 Å². The molecule has 2 N–H and O–H groups in total. The van der Waals surface area contributed by atoms with Gasteiger partial charge in [-0.25, -0.2) is 8.42 Å². The molecular formula is C13H20N2O2S. The summed E-state index contributed by atoms with van der Waals surface area (Å²) in [5.74, 6) is 0.251. The van der Waals surface area contributed by atoms with Crippen LogP contribution >= 0.6 is 0 Å². The van der Waals surface area contributed by atoms with E-state index in [1.54, 1.807) is 4.31 Å². The van der Waals surface area contributed by atoms with Gasteiger partial charge in [0, 0.05) is 18.8 Å². The summed E-state index contributed by atoms with van der Waals surface area (Å²) in [6, 6.07) is 5.73. The van der Waals surface area contributed by atoms with E-state index in [1.807, 2.05) is 25.1 Å². The van der Waals surface area contributed by atoms with Gasteiger partial charge < -0.3 is 5.73 Å². The van der Waals surface area contributed by atoms with Gasteiger partial charge in [0.25, 0.3) is 0 Å². The summed E-state index contributed by atoms with van der Waals surface area (Å²) >= 11 is 0. The van der Waals surface area contributed by atoms with Crippen LogP contribution in [0.5, 0.6) is 0 Å². The zero-order valence-electron chi connectivity index (χ0n) is 10.7. The zero-order valence-corrected chi connectivity index (χ0v) is 11.5. The number of unbranched alkanes of at least 4 members (excludes halogenated alkanes) is 1. The first kappa shape index (κ1) is 13.4. The van der Waals surface area contributed by atoms with Crippen molar-refractivity contribution in [3.05, 3.63) is 29.3 Å². The molecule has 2 rings (SSSR count). The van der Waals surface area contributed by atoms with Gasteiger partial charge in [-0.15, -0.1) is 0 Å². The second kappa shape index (κ2) is 5.28. The van der Waals surface area contributed by atoms with Gasteiger partial charge in [0.1, 0.15) is 0 Å². The molecule has 1 aromatic carbocycles. The molecule has 0 saturated heterocycles. The van der Waals surface area contributed by atoms with Gasteiger partial charge in [-0.1, -0.05) is 25.5 Å². The van der Waals surface area contributed by atoms with Crippen LogP contribution in [0.3, 0.4) is 0 Å². The highest BCUT2D eigenvalue weighted by atomic mass is 32.2. The van der Waals surface area contributed by atoms with E-state index in [4.69, 9.17) is 5.73 Å². The average Bonchev–Trinajstić information content (AvgIpc) is 2.36. The lowest BCUT2D eigenvalue weighted by atomic mass is 9.99. The predicted octanol–water partition coefficient (Wildman–Crippen LogP) is 1.76. The number of sulfonamides is 1. The average molecular weight is 268 g/mol. The Bertz CT molecular complexity index is 526. The van der Waals surface area contributed by atoms with Crippen LogP contribution in [0.4, 0.5) is 5.69 Å². The lowest BCUT2D eigenvalue weighted by molar-refractivity contribution is 0.391. The number of nitrogens with two attached hydrogens (primary N) is 1. The lowest BCUT2D eigenvalue weighted by Crippen LogP contribution is -2.37. The first-order valence-corrected chi connectivity index (χ1v) is 7.99. The van der Waals surface area contributed by atoms with E-state index < -0.39 is 10.0 Å². The third kappa shape index (κ3) is 2.67. The molecule has 1 heterocycles. The summed E-state index contributed by atoms with van der Waals surface area (Å²) in [4.78, 5) is 0. The van der Waals surface area contributed by atoms with Gasteiger partial charge in [0.05, 0.1) is 5.75 Å². The largest absolute Gasteiger partial charge is 0.398 e. The van der Waals surface area contributed by atoms with Gasteiger partial charge in [-0.05, 0) is 30.0 Å². The summed E-state index contributed by atoms with van der Waals surface area (Å²) in [7, 11) is -3.11. The maximum atomic E-state index is 12.1. The predicted molar refractivity (Wildman–Crippen MR) is 73.7 cm³/mol. The Morgan fingerprint density at radius 3 is 2.89 bits per heavy atom. The minimum absolute atomic E-state index is 0.251. The fourth-order valence-corrected chi connectivity index (χ4v) is 3.92. The molecular weight excluding hydrogens is 248 g/mol. The normalized spacial score (nSPS) is 16.5. The molecule has 1 aromatic rings.